The molecule has 21 heavy (non-hydrogen) atoms. The van der Waals surface area contributed by atoms with Crippen molar-refractivity contribution in [3.63, 3.8) is 0 Å². The highest BCUT2D eigenvalue weighted by atomic mass is 19.1. The Labute approximate surface area is 126 Å². The fourth-order valence-corrected chi connectivity index (χ4v) is 3.32. The van der Waals surface area contributed by atoms with Crippen molar-refractivity contribution in [1.29, 1.82) is 0 Å². The molecule has 2 unspecified atom stereocenters. The molecule has 2 atom stereocenters. The molecule has 0 fully saturated rings. The van der Waals surface area contributed by atoms with Gasteiger partial charge in [-0.1, -0.05) is 42.5 Å². The Balaban J connectivity index is 1.69. The van der Waals surface area contributed by atoms with E-state index in [9.17, 15) is 4.39 Å². The average Bonchev–Trinajstić information content (AvgIpc) is 2.50. The number of halogens is 1. The SMILES string of the molecule is CC(Cc1ccccc1F)NC1CCCc2ccccc21. The maximum Gasteiger partial charge on any atom is 0.126 e. The van der Waals surface area contributed by atoms with Crippen molar-refractivity contribution in [2.45, 2.75) is 44.7 Å². The van der Waals surface area contributed by atoms with Gasteiger partial charge in [-0.15, -0.1) is 0 Å². The van der Waals surface area contributed by atoms with E-state index in [1.54, 1.807) is 6.07 Å². The molecule has 2 aromatic rings. The predicted octanol–water partition coefficient (Wildman–Crippen LogP) is 4.42. The van der Waals surface area contributed by atoms with Gasteiger partial charge in [0.15, 0.2) is 0 Å². The summed E-state index contributed by atoms with van der Waals surface area (Å²) < 4.78 is 13.7. The summed E-state index contributed by atoms with van der Waals surface area (Å²) in [7, 11) is 0. The van der Waals surface area contributed by atoms with E-state index in [0.29, 0.717) is 6.04 Å². The Morgan fingerprint density at radius 1 is 1.14 bits per heavy atom. The van der Waals surface area contributed by atoms with Gasteiger partial charge in [0.1, 0.15) is 5.82 Å². The van der Waals surface area contributed by atoms with Gasteiger partial charge < -0.3 is 5.32 Å². The number of aryl methyl sites for hydroxylation is 1. The smallest absolute Gasteiger partial charge is 0.126 e. The molecular formula is C19H22FN. The normalized spacial score (nSPS) is 19.0. The molecule has 2 aromatic carbocycles. The number of benzene rings is 2. The van der Waals surface area contributed by atoms with E-state index in [4.69, 9.17) is 0 Å². The van der Waals surface area contributed by atoms with Crippen LogP contribution in [0.3, 0.4) is 0 Å². The van der Waals surface area contributed by atoms with Crippen LogP contribution in [0.5, 0.6) is 0 Å². The zero-order valence-electron chi connectivity index (χ0n) is 12.5. The van der Waals surface area contributed by atoms with Crippen LogP contribution in [0.2, 0.25) is 0 Å². The highest BCUT2D eigenvalue weighted by Crippen LogP contribution is 2.30. The summed E-state index contributed by atoms with van der Waals surface area (Å²) in [4.78, 5) is 0. The van der Waals surface area contributed by atoms with Crippen LogP contribution < -0.4 is 5.32 Å². The maximum absolute atomic E-state index is 13.7. The van der Waals surface area contributed by atoms with E-state index in [-0.39, 0.29) is 11.9 Å². The zero-order chi connectivity index (χ0) is 14.7. The average molecular weight is 283 g/mol. The molecule has 0 aliphatic heterocycles. The summed E-state index contributed by atoms with van der Waals surface area (Å²) in [5.41, 5.74) is 3.67. The molecule has 0 spiro atoms. The summed E-state index contributed by atoms with van der Waals surface area (Å²) in [5, 5.41) is 3.68. The molecule has 1 aliphatic rings. The maximum atomic E-state index is 13.7. The summed E-state index contributed by atoms with van der Waals surface area (Å²) in [6.45, 7) is 2.14. The minimum Gasteiger partial charge on any atom is -0.307 e. The minimum atomic E-state index is -0.102. The van der Waals surface area contributed by atoms with E-state index in [1.165, 1.54) is 36.5 Å². The fourth-order valence-electron chi connectivity index (χ4n) is 3.32. The topological polar surface area (TPSA) is 12.0 Å². The van der Waals surface area contributed by atoms with Gasteiger partial charge in [-0.3, -0.25) is 0 Å². The first kappa shape index (κ1) is 14.3. The Kier molecular flexibility index (Phi) is 4.35. The van der Waals surface area contributed by atoms with Crippen molar-refractivity contribution in [3.05, 3.63) is 71.0 Å². The van der Waals surface area contributed by atoms with Crippen molar-refractivity contribution in [1.82, 2.24) is 5.32 Å². The van der Waals surface area contributed by atoms with Crippen LogP contribution in [-0.2, 0) is 12.8 Å². The lowest BCUT2D eigenvalue weighted by atomic mass is 9.87. The third kappa shape index (κ3) is 3.33. The summed E-state index contributed by atoms with van der Waals surface area (Å²) in [5.74, 6) is -0.102. The molecule has 2 heteroatoms. The Morgan fingerprint density at radius 2 is 1.90 bits per heavy atom. The van der Waals surface area contributed by atoms with Crippen LogP contribution in [0.1, 0.15) is 42.5 Å². The Morgan fingerprint density at radius 3 is 2.76 bits per heavy atom. The molecule has 0 saturated carbocycles. The second-order valence-corrected chi connectivity index (χ2v) is 6.01. The molecule has 1 N–H and O–H groups in total. The largest absolute Gasteiger partial charge is 0.307 e. The molecule has 1 aliphatic carbocycles. The molecule has 3 rings (SSSR count). The lowest BCUT2D eigenvalue weighted by Gasteiger charge is -2.29. The van der Waals surface area contributed by atoms with E-state index < -0.39 is 0 Å². The van der Waals surface area contributed by atoms with E-state index in [1.807, 2.05) is 12.1 Å². The monoisotopic (exact) mass is 283 g/mol. The lowest BCUT2D eigenvalue weighted by Crippen LogP contribution is -2.34. The molecule has 0 bridgehead atoms. The van der Waals surface area contributed by atoms with Crippen LogP contribution in [0.25, 0.3) is 0 Å². The summed E-state index contributed by atoms with van der Waals surface area (Å²) in [6.07, 6.45) is 4.29. The Bertz CT molecular complexity index is 608. The van der Waals surface area contributed by atoms with E-state index in [0.717, 1.165) is 12.0 Å². The molecule has 1 nitrogen and oxygen atoms in total. The molecular weight excluding hydrogens is 261 g/mol. The van der Waals surface area contributed by atoms with Gasteiger partial charge in [-0.25, -0.2) is 4.39 Å². The standard InChI is InChI=1S/C19H22FN/c1-14(13-16-8-3-5-11-18(16)20)21-19-12-6-9-15-7-2-4-10-17(15)19/h2-5,7-8,10-11,14,19,21H,6,9,12-13H2,1H3. The van der Waals surface area contributed by atoms with E-state index >= 15 is 0 Å². The highest BCUT2D eigenvalue weighted by Gasteiger charge is 2.21. The molecule has 0 aromatic heterocycles. The summed E-state index contributed by atoms with van der Waals surface area (Å²) >= 11 is 0. The van der Waals surface area contributed by atoms with Crippen LogP contribution in [0, 0.1) is 5.82 Å². The van der Waals surface area contributed by atoms with E-state index in [2.05, 4.69) is 36.5 Å². The molecule has 0 amide bonds. The molecule has 110 valence electrons. The first-order chi connectivity index (χ1) is 10.2. The Hall–Kier alpha value is -1.67. The third-order valence-corrected chi connectivity index (χ3v) is 4.34. The second kappa shape index (κ2) is 6.40. The molecule has 0 saturated heterocycles. The van der Waals surface area contributed by atoms with Crippen LogP contribution in [0.15, 0.2) is 48.5 Å². The molecule has 0 heterocycles. The lowest BCUT2D eigenvalue weighted by molar-refractivity contribution is 0.404. The van der Waals surface area contributed by atoms with Gasteiger partial charge in [0.05, 0.1) is 0 Å². The van der Waals surface area contributed by atoms with Crippen LogP contribution in [0.4, 0.5) is 4.39 Å². The van der Waals surface area contributed by atoms with Crippen LogP contribution in [-0.4, -0.2) is 6.04 Å². The number of hydrogen-bond acceptors (Lipinski definition) is 1. The number of nitrogens with one attached hydrogen (secondary N) is 1. The first-order valence-electron chi connectivity index (χ1n) is 7.81. The fraction of sp³-hybridized carbons (Fsp3) is 0.368. The van der Waals surface area contributed by atoms with Crippen molar-refractivity contribution in [2.75, 3.05) is 0 Å². The van der Waals surface area contributed by atoms with Crippen molar-refractivity contribution >= 4 is 0 Å². The van der Waals surface area contributed by atoms with Gasteiger partial charge in [0.2, 0.25) is 0 Å². The predicted molar refractivity (Wildman–Crippen MR) is 84.8 cm³/mol. The number of rotatable bonds is 4. The van der Waals surface area contributed by atoms with Gasteiger partial charge >= 0.3 is 0 Å². The number of fused-ring (bicyclic) bond motifs is 1. The second-order valence-electron chi connectivity index (χ2n) is 6.01. The number of hydrogen-bond donors (Lipinski definition) is 1. The molecule has 0 radical (unpaired) electrons. The van der Waals surface area contributed by atoms with Crippen molar-refractivity contribution in [2.24, 2.45) is 0 Å². The third-order valence-electron chi connectivity index (χ3n) is 4.34. The van der Waals surface area contributed by atoms with Crippen molar-refractivity contribution < 1.29 is 4.39 Å². The van der Waals surface area contributed by atoms with Gasteiger partial charge in [-0.2, -0.15) is 0 Å². The minimum absolute atomic E-state index is 0.102. The van der Waals surface area contributed by atoms with Crippen LogP contribution >= 0.6 is 0 Å². The van der Waals surface area contributed by atoms with Gasteiger partial charge in [0, 0.05) is 12.1 Å². The van der Waals surface area contributed by atoms with Crippen molar-refractivity contribution in [3.8, 4) is 0 Å². The zero-order valence-corrected chi connectivity index (χ0v) is 12.5. The quantitative estimate of drug-likeness (QED) is 0.875. The van der Waals surface area contributed by atoms with Gasteiger partial charge in [0.25, 0.3) is 0 Å². The highest BCUT2D eigenvalue weighted by molar-refractivity contribution is 5.32. The first-order valence-corrected chi connectivity index (χ1v) is 7.81. The van der Waals surface area contributed by atoms with Gasteiger partial charge in [-0.05, 0) is 55.4 Å². The summed E-state index contributed by atoms with van der Waals surface area (Å²) in [6, 6.07) is 16.4.